The lowest BCUT2D eigenvalue weighted by atomic mass is 9.96. The highest BCUT2D eigenvalue weighted by molar-refractivity contribution is 6.03. The predicted octanol–water partition coefficient (Wildman–Crippen LogP) is 5.06. The molecular formula is C31H37N5O4. The molecule has 210 valence electrons. The molecule has 1 N–H and O–H groups in total. The SMILES string of the molecule is COc1cccc([C@H](C(=O)NC(C)(C)C)N(C(=O)Cn2nnc3ccccc32)c2c(C)cc(C)cc2C)c1OC. The quantitative estimate of drug-likeness (QED) is 0.334. The van der Waals surface area contributed by atoms with Gasteiger partial charge in [0.25, 0.3) is 0 Å². The molecule has 0 saturated carbocycles. The summed E-state index contributed by atoms with van der Waals surface area (Å²) >= 11 is 0. The average Bonchev–Trinajstić information content (AvgIpc) is 3.28. The number of benzene rings is 3. The Morgan fingerprint density at radius 1 is 0.975 bits per heavy atom. The lowest BCUT2D eigenvalue weighted by Crippen LogP contribution is -2.50. The molecule has 2 amide bonds. The standard InChI is InChI=1S/C31H37N5O4/c1-19-16-20(2)27(21(3)17-19)36(26(37)18-35-24-14-10-9-13-23(24)33-34-35)28(30(38)32-31(4,5)6)22-12-11-15-25(39-7)29(22)40-8/h9-17,28H,18H2,1-8H3,(H,32,38)/t28-/m1/s1. The Morgan fingerprint density at radius 3 is 2.27 bits per heavy atom. The van der Waals surface area contributed by atoms with Crippen molar-refractivity contribution in [2.75, 3.05) is 19.1 Å². The van der Waals surface area contributed by atoms with Gasteiger partial charge in [-0.05, 0) is 70.9 Å². The highest BCUT2D eigenvalue weighted by Gasteiger charge is 2.38. The molecule has 3 aromatic carbocycles. The van der Waals surface area contributed by atoms with Crippen LogP contribution in [0.25, 0.3) is 11.0 Å². The summed E-state index contributed by atoms with van der Waals surface area (Å²) in [5.41, 5.74) is 4.79. The summed E-state index contributed by atoms with van der Waals surface area (Å²) in [7, 11) is 3.06. The molecule has 0 bridgehead atoms. The third-order valence-electron chi connectivity index (χ3n) is 6.58. The van der Waals surface area contributed by atoms with Crippen molar-refractivity contribution in [3.8, 4) is 11.5 Å². The fourth-order valence-corrected chi connectivity index (χ4v) is 5.15. The third kappa shape index (κ3) is 5.78. The van der Waals surface area contributed by atoms with E-state index in [4.69, 9.17) is 9.47 Å². The molecule has 9 nitrogen and oxygen atoms in total. The van der Waals surface area contributed by atoms with Crippen LogP contribution in [0.5, 0.6) is 11.5 Å². The Hall–Kier alpha value is -4.40. The van der Waals surface area contributed by atoms with Gasteiger partial charge in [-0.25, -0.2) is 4.68 Å². The monoisotopic (exact) mass is 543 g/mol. The van der Waals surface area contributed by atoms with Crippen molar-refractivity contribution in [2.24, 2.45) is 0 Å². The number of fused-ring (bicyclic) bond motifs is 1. The van der Waals surface area contributed by atoms with Crippen LogP contribution in [-0.4, -0.2) is 46.6 Å². The van der Waals surface area contributed by atoms with E-state index in [2.05, 4.69) is 15.6 Å². The lowest BCUT2D eigenvalue weighted by Gasteiger charge is -2.36. The molecule has 1 aromatic heterocycles. The van der Waals surface area contributed by atoms with Gasteiger partial charge in [0.05, 0.1) is 25.4 Å². The Kier molecular flexibility index (Phi) is 8.13. The number of hydrogen-bond donors (Lipinski definition) is 1. The number of nitrogens with zero attached hydrogens (tertiary/aromatic N) is 4. The molecule has 0 saturated heterocycles. The fourth-order valence-electron chi connectivity index (χ4n) is 5.15. The maximum Gasteiger partial charge on any atom is 0.249 e. The van der Waals surface area contributed by atoms with Gasteiger partial charge in [-0.1, -0.05) is 47.2 Å². The van der Waals surface area contributed by atoms with E-state index in [9.17, 15) is 9.59 Å². The molecule has 0 aliphatic rings. The van der Waals surface area contributed by atoms with E-state index in [1.807, 2.05) is 77.9 Å². The Balaban J connectivity index is 1.97. The third-order valence-corrected chi connectivity index (χ3v) is 6.58. The van der Waals surface area contributed by atoms with E-state index < -0.39 is 11.6 Å². The van der Waals surface area contributed by atoms with E-state index in [0.717, 1.165) is 22.2 Å². The summed E-state index contributed by atoms with van der Waals surface area (Å²) in [6.07, 6.45) is 0. The van der Waals surface area contributed by atoms with Gasteiger partial charge in [0.2, 0.25) is 11.8 Å². The molecular weight excluding hydrogens is 506 g/mol. The zero-order valence-electron chi connectivity index (χ0n) is 24.4. The normalized spacial score (nSPS) is 12.2. The average molecular weight is 544 g/mol. The van der Waals surface area contributed by atoms with E-state index >= 15 is 0 Å². The van der Waals surface area contributed by atoms with Crippen molar-refractivity contribution in [3.05, 3.63) is 76.9 Å². The number of methoxy groups -OCH3 is 2. The van der Waals surface area contributed by atoms with Gasteiger partial charge in [0, 0.05) is 11.1 Å². The van der Waals surface area contributed by atoms with Gasteiger partial charge in [0.15, 0.2) is 11.5 Å². The van der Waals surface area contributed by atoms with Crippen LogP contribution >= 0.6 is 0 Å². The first-order chi connectivity index (χ1) is 18.9. The first kappa shape index (κ1) is 28.6. The molecule has 4 aromatic rings. The van der Waals surface area contributed by atoms with Crippen molar-refractivity contribution in [1.29, 1.82) is 0 Å². The number of aryl methyl sites for hydroxylation is 3. The largest absolute Gasteiger partial charge is 0.493 e. The molecule has 0 fully saturated rings. The first-order valence-corrected chi connectivity index (χ1v) is 13.2. The molecule has 0 aliphatic carbocycles. The van der Waals surface area contributed by atoms with Gasteiger partial charge in [-0.15, -0.1) is 5.10 Å². The second-order valence-electron chi connectivity index (χ2n) is 11.0. The van der Waals surface area contributed by atoms with Crippen LogP contribution in [0.4, 0.5) is 5.69 Å². The lowest BCUT2D eigenvalue weighted by molar-refractivity contribution is -0.128. The van der Waals surface area contributed by atoms with E-state index in [1.54, 1.807) is 34.9 Å². The zero-order valence-corrected chi connectivity index (χ0v) is 24.4. The molecule has 1 atom stereocenters. The molecule has 40 heavy (non-hydrogen) atoms. The minimum Gasteiger partial charge on any atom is -0.493 e. The van der Waals surface area contributed by atoms with Crippen LogP contribution in [0.15, 0.2) is 54.6 Å². The Morgan fingerprint density at radius 2 is 1.65 bits per heavy atom. The number of anilines is 1. The topological polar surface area (TPSA) is 98.6 Å². The molecule has 1 heterocycles. The van der Waals surface area contributed by atoms with Gasteiger partial charge in [0.1, 0.15) is 18.1 Å². The van der Waals surface area contributed by atoms with Gasteiger partial charge < -0.3 is 14.8 Å². The summed E-state index contributed by atoms with van der Waals surface area (Å²) in [5.74, 6) is 0.158. The maximum absolute atomic E-state index is 14.5. The number of ether oxygens (including phenoxy) is 2. The summed E-state index contributed by atoms with van der Waals surface area (Å²) < 4.78 is 12.9. The molecule has 0 aliphatic heterocycles. The van der Waals surface area contributed by atoms with E-state index in [1.165, 1.54) is 7.11 Å². The van der Waals surface area contributed by atoms with Crippen molar-refractivity contribution in [1.82, 2.24) is 20.3 Å². The number of rotatable bonds is 8. The number of carbonyl (C=O) groups is 2. The van der Waals surface area contributed by atoms with E-state index in [0.29, 0.717) is 28.3 Å². The molecule has 0 spiro atoms. The highest BCUT2D eigenvalue weighted by Crippen LogP contribution is 2.41. The van der Waals surface area contributed by atoms with Gasteiger partial charge >= 0.3 is 0 Å². The van der Waals surface area contributed by atoms with Gasteiger partial charge in [-0.3, -0.25) is 14.5 Å². The Bertz CT molecular complexity index is 1530. The van der Waals surface area contributed by atoms with E-state index in [-0.39, 0.29) is 18.4 Å². The minimum absolute atomic E-state index is 0.126. The highest BCUT2D eigenvalue weighted by atomic mass is 16.5. The molecule has 0 unspecified atom stereocenters. The van der Waals surface area contributed by atoms with Crippen molar-refractivity contribution in [2.45, 2.75) is 59.7 Å². The fraction of sp³-hybridized carbons (Fsp3) is 0.355. The van der Waals surface area contributed by atoms with Crippen LogP contribution in [0.2, 0.25) is 0 Å². The number of nitrogens with one attached hydrogen (secondary N) is 1. The predicted molar refractivity (Wildman–Crippen MR) is 156 cm³/mol. The number of aromatic nitrogens is 3. The van der Waals surface area contributed by atoms with Crippen LogP contribution in [-0.2, 0) is 16.1 Å². The van der Waals surface area contributed by atoms with Crippen molar-refractivity contribution >= 4 is 28.5 Å². The van der Waals surface area contributed by atoms with Gasteiger partial charge in [-0.2, -0.15) is 0 Å². The summed E-state index contributed by atoms with van der Waals surface area (Å²) in [4.78, 5) is 30.3. The van der Waals surface area contributed by atoms with Crippen molar-refractivity contribution in [3.63, 3.8) is 0 Å². The smallest absolute Gasteiger partial charge is 0.249 e. The summed E-state index contributed by atoms with van der Waals surface area (Å²) in [6, 6.07) is 15.7. The van der Waals surface area contributed by atoms with Crippen LogP contribution in [0, 0.1) is 20.8 Å². The van der Waals surface area contributed by atoms with Crippen LogP contribution < -0.4 is 19.7 Å². The summed E-state index contributed by atoms with van der Waals surface area (Å²) in [6.45, 7) is 11.5. The second-order valence-corrected chi connectivity index (χ2v) is 11.0. The second kappa shape index (κ2) is 11.4. The zero-order chi connectivity index (χ0) is 29.2. The number of carbonyl (C=O) groups excluding carboxylic acids is 2. The van der Waals surface area contributed by atoms with Crippen LogP contribution in [0.1, 0.15) is 49.1 Å². The molecule has 4 rings (SSSR count). The maximum atomic E-state index is 14.5. The first-order valence-electron chi connectivity index (χ1n) is 13.2. The van der Waals surface area contributed by atoms with Crippen molar-refractivity contribution < 1.29 is 19.1 Å². The molecule has 9 heteroatoms. The Labute approximate surface area is 235 Å². The number of amides is 2. The summed E-state index contributed by atoms with van der Waals surface area (Å²) in [5, 5.41) is 11.5. The van der Waals surface area contributed by atoms with Crippen LogP contribution in [0.3, 0.4) is 0 Å². The number of hydrogen-bond acceptors (Lipinski definition) is 6. The minimum atomic E-state index is -1.08. The number of para-hydroxylation sites is 2. The molecule has 0 radical (unpaired) electrons.